The maximum Gasteiger partial charge on any atom is 0.346 e. The van der Waals surface area contributed by atoms with E-state index in [0.717, 1.165) is 6.07 Å². The van der Waals surface area contributed by atoms with E-state index in [9.17, 15) is 14.3 Å². The highest BCUT2D eigenvalue weighted by Crippen LogP contribution is 2.49. The third kappa shape index (κ3) is 4.01. The Morgan fingerprint density at radius 2 is 2.05 bits per heavy atom. The lowest BCUT2D eigenvalue weighted by Gasteiger charge is -2.47. The summed E-state index contributed by atoms with van der Waals surface area (Å²) in [6.07, 6.45) is 5.10. The van der Waals surface area contributed by atoms with E-state index in [1.54, 1.807) is 11.9 Å². The summed E-state index contributed by atoms with van der Waals surface area (Å²) in [5.41, 5.74) is -0.779. The van der Waals surface area contributed by atoms with Crippen LogP contribution >= 0.6 is 11.6 Å². The second-order valence-corrected chi connectivity index (χ2v) is 10.2. The molecule has 1 fully saturated rings. The van der Waals surface area contributed by atoms with Crippen molar-refractivity contribution in [2.24, 2.45) is 5.92 Å². The average molecular weight is 556 g/mol. The molecular weight excluding hydrogens is 532 g/mol. The molecule has 1 amide bonds. The molecule has 3 atom stereocenters. The van der Waals surface area contributed by atoms with Crippen molar-refractivity contribution in [3.05, 3.63) is 53.8 Å². The lowest BCUT2D eigenvalue weighted by Crippen LogP contribution is -2.56. The molecule has 2 aromatic heterocycles. The Hall–Kier alpha value is -4.06. The number of carbonyl (C=O) groups is 1. The number of anilines is 1. The van der Waals surface area contributed by atoms with Crippen LogP contribution in [0.4, 0.5) is 19.4 Å². The third-order valence-electron chi connectivity index (χ3n) is 7.62. The van der Waals surface area contributed by atoms with Crippen molar-refractivity contribution in [3.63, 3.8) is 0 Å². The maximum absolute atomic E-state index is 16.0. The Balaban J connectivity index is 1.44. The standard InChI is InChI=1S/C26H24ClF2N7O3/c1-13-9-35-14(8-16(13)34(2)26(38)36-12-30-10-33-36)6-7-39-24-20-23(31-11-32-25(20)35)22(29)19(21(24)27)18-15(28)4-3-5-17(18)37/h3-5,10-14,16,37H,6-9H2,1-2H3/t13-,14+,16?/m1/s1. The first kappa shape index (κ1) is 25.2. The number of benzene rings is 2. The fraction of sp³-hybridized carbons (Fsp3) is 0.346. The Labute approximate surface area is 226 Å². The lowest BCUT2D eigenvalue weighted by atomic mass is 9.86. The second kappa shape index (κ2) is 9.60. The van der Waals surface area contributed by atoms with Gasteiger partial charge in [0.2, 0.25) is 0 Å². The average Bonchev–Trinajstić information content (AvgIpc) is 3.45. The van der Waals surface area contributed by atoms with E-state index in [1.165, 1.54) is 35.8 Å². The van der Waals surface area contributed by atoms with Crippen molar-refractivity contribution < 1.29 is 23.4 Å². The van der Waals surface area contributed by atoms with Crippen LogP contribution in [0.2, 0.25) is 5.02 Å². The Kier molecular flexibility index (Phi) is 6.21. The van der Waals surface area contributed by atoms with Gasteiger partial charge in [0.05, 0.1) is 22.6 Å². The van der Waals surface area contributed by atoms with Gasteiger partial charge in [0.15, 0.2) is 11.6 Å². The summed E-state index contributed by atoms with van der Waals surface area (Å²) in [4.78, 5) is 29.2. The van der Waals surface area contributed by atoms with Crippen LogP contribution in [0.25, 0.3) is 22.0 Å². The summed E-state index contributed by atoms with van der Waals surface area (Å²) in [5, 5.41) is 14.4. The monoisotopic (exact) mass is 555 g/mol. The molecule has 4 aromatic rings. The molecular formula is C26H24ClF2N7O3. The molecule has 1 saturated heterocycles. The molecule has 1 N–H and O–H groups in total. The van der Waals surface area contributed by atoms with Crippen LogP contribution in [0.15, 0.2) is 37.2 Å². The van der Waals surface area contributed by atoms with Gasteiger partial charge < -0.3 is 19.6 Å². The molecule has 2 aromatic carbocycles. The van der Waals surface area contributed by atoms with Crippen molar-refractivity contribution in [2.75, 3.05) is 25.1 Å². The number of piperidine rings is 1. The van der Waals surface area contributed by atoms with E-state index in [4.69, 9.17) is 16.3 Å². The van der Waals surface area contributed by atoms with Crippen LogP contribution in [0, 0.1) is 17.6 Å². The minimum atomic E-state index is -0.885. The number of carbonyl (C=O) groups excluding carboxylic acids is 1. The quantitative estimate of drug-likeness (QED) is 0.385. The van der Waals surface area contributed by atoms with Crippen molar-refractivity contribution in [1.82, 2.24) is 29.6 Å². The number of phenols is 1. The fourth-order valence-corrected chi connectivity index (χ4v) is 6.05. The summed E-state index contributed by atoms with van der Waals surface area (Å²) in [6.45, 7) is 2.78. The van der Waals surface area contributed by atoms with E-state index in [-0.39, 0.29) is 63.4 Å². The highest BCUT2D eigenvalue weighted by atomic mass is 35.5. The Morgan fingerprint density at radius 1 is 1.23 bits per heavy atom. The molecule has 0 spiro atoms. The number of hydrogen-bond acceptors (Lipinski definition) is 8. The number of fused-ring (bicyclic) bond motifs is 2. The summed E-state index contributed by atoms with van der Waals surface area (Å²) >= 11 is 6.68. The van der Waals surface area contributed by atoms with Crippen molar-refractivity contribution >= 4 is 34.4 Å². The predicted molar refractivity (Wildman–Crippen MR) is 139 cm³/mol. The van der Waals surface area contributed by atoms with E-state index >= 15 is 4.39 Å². The van der Waals surface area contributed by atoms with Gasteiger partial charge in [-0.3, -0.25) is 0 Å². The molecule has 0 aliphatic carbocycles. The van der Waals surface area contributed by atoms with Crippen LogP contribution in [-0.4, -0.2) is 73.1 Å². The molecule has 10 nitrogen and oxygen atoms in total. The highest BCUT2D eigenvalue weighted by molar-refractivity contribution is 6.36. The van der Waals surface area contributed by atoms with E-state index in [0.29, 0.717) is 25.2 Å². The van der Waals surface area contributed by atoms with Gasteiger partial charge in [-0.1, -0.05) is 24.6 Å². The van der Waals surface area contributed by atoms with Crippen LogP contribution in [0.1, 0.15) is 19.8 Å². The largest absolute Gasteiger partial charge is 0.507 e. The normalized spacial score (nSPS) is 20.6. The molecule has 2 aliphatic rings. The summed E-state index contributed by atoms with van der Waals surface area (Å²) in [5.74, 6) is -1.58. The summed E-state index contributed by atoms with van der Waals surface area (Å²) in [6, 6.07) is 3.22. The Bertz CT molecular complexity index is 1570. The maximum atomic E-state index is 16.0. The molecule has 202 valence electrons. The number of amides is 1. The molecule has 0 radical (unpaired) electrons. The highest BCUT2D eigenvalue weighted by Gasteiger charge is 2.40. The number of hydrogen-bond donors (Lipinski definition) is 1. The first-order valence-electron chi connectivity index (χ1n) is 12.4. The Morgan fingerprint density at radius 3 is 2.79 bits per heavy atom. The number of ether oxygens (including phenoxy) is 1. The van der Waals surface area contributed by atoms with Gasteiger partial charge in [0.1, 0.15) is 41.9 Å². The van der Waals surface area contributed by atoms with Crippen LogP contribution in [0.5, 0.6) is 11.5 Å². The fourth-order valence-electron chi connectivity index (χ4n) is 5.72. The van der Waals surface area contributed by atoms with Crippen molar-refractivity contribution in [2.45, 2.75) is 31.8 Å². The van der Waals surface area contributed by atoms with Crippen LogP contribution in [-0.2, 0) is 0 Å². The molecule has 0 bridgehead atoms. The number of aromatic nitrogens is 5. The van der Waals surface area contributed by atoms with Crippen LogP contribution in [0.3, 0.4) is 0 Å². The minimum absolute atomic E-state index is 0.0162. The third-order valence-corrected chi connectivity index (χ3v) is 7.98. The summed E-state index contributed by atoms with van der Waals surface area (Å²) in [7, 11) is 1.74. The number of aromatic hydroxyl groups is 1. The molecule has 39 heavy (non-hydrogen) atoms. The first-order valence-corrected chi connectivity index (χ1v) is 12.8. The van der Waals surface area contributed by atoms with E-state index < -0.39 is 17.4 Å². The SMILES string of the molecule is C[C@@H]1CN2c3ncnc4c(F)c(-c5c(O)cccc5F)c(Cl)c(c34)OCC[C@H]2CC1N(C)C(=O)n1cncn1. The molecule has 13 heteroatoms. The topological polar surface area (TPSA) is 110 Å². The smallest absolute Gasteiger partial charge is 0.346 e. The molecule has 2 aliphatic heterocycles. The van der Waals surface area contributed by atoms with Gasteiger partial charge in [-0.2, -0.15) is 9.78 Å². The summed E-state index contributed by atoms with van der Waals surface area (Å²) < 4.78 is 38.1. The molecule has 4 heterocycles. The first-order chi connectivity index (χ1) is 18.8. The number of halogens is 3. The number of rotatable bonds is 2. The van der Waals surface area contributed by atoms with Gasteiger partial charge in [-0.05, 0) is 24.5 Å². The molecule has 6 rings (SSSR count). The van der Waals surface area contributed by atoms with Crippen molar-refractivity contribution in [1.29, 1.82) is 0 Å². The zero-order valence-corrected chi connectivity index (χ0v) is 21.8. The lowest BCUT2D eigenvalue weighted by molar-refractivity contribution is 0.139. The van der Waals surface area contributed by atoms with Gasteiger partial charge in [-0.15, -0.1) is 0 Å². The van der Waals surface area contributed by atoms with Gasteiger partial charge in [-0.25, -0.2) is 28.5 Å². The minimum Gasteiger partial charge on any atom is -0.507 e. The van der Waals surface area contributed by atoms with Crippen molar-refractivity contribution in [3.8, 4) is 22.6 Å². The van der Waals surface area contributed by atoms with Gasteiger partial charge in [0.25, 0.3) is 0 Å². The zero-order chi connectivity index (χ0) is 27.4. The zero-order valence-electron chi connectivity index (χ0n) is 21.1. The van der Waals surface area contributed by atoms with Gasteiger partial charge >= 0.3 is 6.03 Å². The second-order valence-electron chi connectivity index (χ2n) is 9.84. The molecule has 1 unspecified atom stereocenters. The molecule has 0 saturated carbocycles. The predicted octanol–water partition coefficient (Wildman–Crippen LogP) is 4.49. The van der Waals surface area contributed by atoms with E-state index in [2.05, 4.69) is 25.0 Å². The number of phenolic OH excluding ortho intramolecular Hbond substituents is 1. The van der Waals surface area contributed by atoms with E-state index in [1.807, 2.05) is 6.92 Å². The number of nitrogens with zero attached hydrogens (tertiary/aromatic N) is 7. The van der Waals surface area contributed by atoms with Crippen LogP contribution < -0.4 is 9.64 Å². The van der Waals surface area contributed by atoms with Gasteiger partial charge in [0, 0.05) is 37.7 Å².